The number of rotatable bonds is 2. The largest absolute Gasteiger partial charge is 0.458 e. The maximum Gasteiger partial charge on any atom is 0.356 e. The highest BCUT2D eigenvalue weighted by Gasteiger charge is 2.14. The minimum Gasteiger partial charge on any atom is -0.458 e. The van der Waals surface area contributed by atoms with Crippen molar-refractivity contribution in [1.29, 1.82) is 0 Å². The third kappa shape index (κ3) is 2.21. The van der Waals surface area contributed by atoms with Crippen molar-refractivity contribution < 1.29 is 9.53 Å². The first-order valence-corrected chi connectivity index (χ1v) is 4.01. The Morgan fingerprint density at radius 3 is 2.69 bits per heavy atom. The maximum absolute atomic E-state index is 11.4. The Morgan fingerprint density at radius 2 is 2.31 bits per heavy atom. The van der Waals surface area contributed by atoms with E-state index in [0.29, 0.717) is 11.5 Å². The van der Waals surface area contributed by atoms with E-state index in [4.69, 9.17) is 10.5 Å². The minimum atomic E-state index is -0.401. The molecule has 5 heteroatoms. The number of hydrogen-bond donors (Lipinski definition) is 1. The summed E-state index contributed by atoms with van der Waals surface area (Å²) in [6.07, 6.45) is -0.136. The number of carbonyl (C=O) groups excluding carboxylic acids is 1. The summed E-state index contributed by atoms with van der Waals surface area (Å²) in [4.78, 5) is 11.4. The maximum atomic E-state index is 11.4. The van der Waals surface area contributed by atoms with Gasteiger partial charge in [-0.3, -0.25) is 4.68 Å². The number of nitrogen functional groups attached to an aromatic ring is 1. The van der Waals surface area contributed by atoms with Crippen LogP contribution in [-0.2, 0) is 11.8 Å². The van der Waals surface area contributed by atoms with Crippen molar-refractivity contribution in [2.24, 2.45) is 7.05 Å². The predicted octanol–water partition coefficient (Wildman–Crippen LogP) is 0.567. The Morgan fingerprint density at radius 1 is 1.69 bits per heavy atom. The van der Waals surface area contributed by atoms with Gasteiger partial charge in [0, 0.05) is 13.1 Å². The quantitative estimate of drug-likeness (QED) is 0.680. The molecule has 0 unspecified atom stereocenters. The summed E-state index contributed by atoms with van der Waals surface area (Å²) in [5.74, 6) is -0.0834. The first kappa shape index (κ1) is 9.57. The number of ether oxygens (including phenoxy) is 1. The summed E-state index contributed by atoms with van der Waals surface area (Å²) >= 11 is 0. The molecule has 1 aromatic rings. The van der Waals surface area contributed by atoms with Gasteiger partial charge in [0.25, 0.3) is 0 Å². The lowest BCUT2D eigenvalue weighted by molar-refractivity contribution is 0.0365. The lowest BCUT2D eigenvalue weighted by Gasteiger charge is -2.06. The standard InChI is InChI=1S/C8H13N3O2/c1-5(2)13-8(12)6-4-7(9)10-11(6)3/h4-5H,1-3H3,(H2,9,10). The van der Waals surface area contributed by atoms with Crippen LogP contribution in [0.4, 0.5) is 5.82 Å². The zero-order valence-electron chi connectivity index (χ0n) is 7.94. The highest BCUT2D eigenvalue weighted by Crippen LogP contribution is 2.07. The lowest BCUT2D eigenvalue weighted by atomic mass is 10.4. The van der Waals surface area contributed by atoms with Gasteiger partial charge in [-0.05, 0) is 13.8 Å². The molecule has 13 heavy (non-hydrogen) atoms. The summed E-state index contributed by atoms with van der Waals surface area (Å²) in [6.45, 7) is 3.58. The molecule has 2 N–H and O–H groups in total. The third-order valence-corrected chi connectivity index (χ3v) is 1.45. The molecule has 1 heterocycles. The molecule has 1 aromatic heterocycles. The second-order valence-electron chi connectivity index (χ2n) is 3.03. The second-order valence-corrected chi connectivity index (χ2v) is 3.03. The van der Waals surface area contributed by atoms with E-state index < -0.39 is 5.97 Å². The topological polar surface area (TPSA) is 70.1 Å². The Bertz CT molecular complexity index is 317. The van der Waals surface area contributed by atoms with Gasteiger partial charge in [0.05, 0.1) is 6.10 Å². The zero-order chi connectivity index (χ0) is 10.0. The SMILES string of the molecule is CC(C)OC(=O)c1cc(N)nn1C. The van der Waals surface area contributed by atoms with E-state index in [9.17, 15) is 4.79 Å². The average Bonchev–Trinajstić information content (AvgIpc) is 2.28. The van der Waals surface area contributed by atoms with Crippen LogP contribution in [0.5, 0.6) is 0 Å². The van der Waals surface area contributed by atoms with Gasteiger partial charge in [-0.15, -0.1) is 0 Å². The lowest BCUT2D eigenvalue weighted by Crippen LogP contribution is -2.15. The summed E-state index contributed by atoms with van der Waals surface area (Å²) < 4.78 is 6.38. The van der Waals surface area contributed by atoms with Crippen LogP contribution in [0.25, 0.3) is 0 Å². The van der Waals surface area contributed by atoms with E-state index in [2.05, 4.69) is 5.10 Å². The number of aromatic nitrogens is 2. The number of aryl methyl sites for hydroxylation is 1. The normalized spacial score (nSPS) is 10.5. The first-order chi connectivity index (χ1) is 6.00. The third-order valence-electron chi connectivity index (χ3n) is 1.45. The molecule has 0 aliphatic heterocycles. The number of hydrogen-bond acceptors (Lipinski definition) is 4. The molecule has 0 aliphatic carbocycles. The smallest absolute Gasteiger partial charge is 0.356 e. The fraction of sp³-hybridized carbons (Fsp3) is 0.500. The van der Waals surface area contributed by atoms with Gasteiger partial charge in [-0.1, -0.05) is 0 Å². The van der Waals surface area contributed by atoms with Crippen molar-refractivity contribution >= 4 is 11.8 Å². The van der Waals surface area contributed by atoms with Gasteiger partial charge in [-0.2, -0.15) is 5.10 Å². The fourth-order valence-electron chi connectivity index (χ4n) is 0.955. The molecule has 5 nitrogen and oxygen atoms in total. The Labute approximate surface area is 76.5 Å². The van der Waals surface area contributed by atoms with Crippen LogP contribution >= 0.6 is 0 Å². The van der Waals surface area contributed by atoms with Crippen molar-refractivity contribution in [3.05, 3.63) is 11.8 Å². The van der Waals surface area contributed by atoms with Gasteiger partial charge in [0.1, 0.15) is 11.5 Å². The van der Waals surface area contributed by atoms with Crippen molar-refractivity contribution in [2.45, 2.75) is 20.0 Å². The minimum absolute atomic E-state index is 0.136. The highest BCUT2D eigenvalue weighted by molar-refractivity contribution is 5.88. The van der Waals surface area contributed by atoms with Crippen LogP contribution in [-0.4, -0.2) is 21.9 Å². The monoisotopic (exact) mass is 183 g/mol. The van der Waals surface area contributed by atoms with Crippen LogP contribution in [0.2, 0.25) is 0 Å². The molecule has 0 bridgehead atoms. The molecule has 0 aliphatic rings. The Kier molecular flexibility index (Phi) is 2.55. The fourth-order valence-corrected chi connectivity index (χ4v) is 0.955. The van der Waals surface area contributed by atoms with Crippen molar-refractivity contribution in [2.75, 3.05) is 5.73 Å². The van der Waals surface area contributed by atoms with E-state index in [1.807, 2.05) is 0 Å². The number of anilines is 1. The molecule has 0 amide bonds. The second kappa shape index (κ2) is 3.47. The summed E-state index contributed by atoms with van der Waals surface area (Å²) in [7, 11) is 1.65. The summed E-state index contributed by atoms with van der Waals surface area (Å²) in [6, 6.07) is 1.49. The van der Waals surface area contributed by atoms with Gasteiger partial charge >= 0.3 is 5.97 Å². The number of esters is 1. The van der Waals surface area contributed by atoms with Crippen molar-refractivity contribution in [3.63, 3.8) is 0 Å². The van der Waals surface area contributed by atoms with E-state index >= 15 is 0 Å². The van der Waals surface area contributed by atoms with Crippen LogP contribution < -0.4 is 5.73 Å². The van der Waals surface area contributed by atoms with Crippen LogP contribution in [0.3, 0.4) is 0 Å². The van der Waals surface area contributed by atoms with Crippen molar-refractivity contribution in [1.82, 2.24) is 9.78 Å². The molecule has 0 saturated carbocycles. The summed E-state index contributed by atoms with van der Waals surface area (Å²) in [5, 5.41) is 3.83. The van der Waals surface area contributed by atoms with Crippen LogP contribution in [0, 0.1) is 0 Å². The zero-order valence-corrected chi connectivity index (χ0v) is 7.94. The average molecular weight is 183 g/mol. The number of nitrogens with two attached hydrogens (primary N) is 1. The Balaban J connectivity index is 2.82. The molecular weight excluding hydrogens is 170 g/mol. The molecule has 72 valence electrons. The molecule has 0 radical (unpaired) electrons. The van der Waals surface area contributed by atoms with Gasteiger partial charge in [0.15, 0.2) is 0 Å². The molecule has 0 spiro atoms. The highest BCUT2D eigenvalue weighted by atomic mass is 16.5. The van der Waals surface area contributed by atoms with Crippen molar-refractivity contribution in [3.8, 4) is 0 Å². The first-order valence-electron chi connectivity index (χ1n) is 4.01. The van der Waals surface area contributed by atoms with Gasteiger partial charge in [0.2, 0.25) is 0 Å². The predicted molar refractivity (Wildman–Crippen MR) is 48.2 cm³/mol. The molecular formula is C8H13N3O2. The summed E-state index contributed by atoms with van der Waals surface area (Å²) in [5.41, 5.74) is 5.78. The number of nitrogens with zero attached hydrogens (tertiary/aromatic N) is 2. The van der Waals surface area contributed by atoms with Gasteiger partial charge in [-0.25, -0.2) is 4.79 Å². The molecule has 0 aromatic carbocycles. The van der Waals surface area contributed by atoms with Crippen LogP contribution in [0.1, 0.15) is 24.3 Å². The molecule has 1 rings (SSSR count). The molecule has 0 atom stereocenters. The van der Waals surface area contributed by atoms with E-state index in [0.717, 1.165) is 0 Å². The molecule has 0 saturated heterocycles. The van der Waals surface area contributed by atoms with Gasteiger partial charge < -0.3 is 10.5 Å². The van der Waals surface area contributed by atoms with E-state index in [-0.39, 0.29) is 6.10 Å². The van der Waals surface area contributed by atoms with E-state index in [1.165, 1.54) is 10.7 Å². The Hall–Kier alpha value is -1.52. The molecule has 0 fully saturated rings. The van der Waals surface area contributed by atoms with E-state index in [1.54, 1.807) is 20.9 Å². The van der Waals surface area contributed by atoms with Crippen LogP contribution in [0.15, 0.2) is 6.07 Å². The number of carbonyl (C=O) groups is 1.